The summed E-state index contributed by atoms with van der Waals surface area (Å²) in [5.74, 6) is 2.17. The van der Waals surface area contributed by atoms with E-state index in [1.54, 1.807) is 6.20 Å². The molecule has 2 unspecified atom stereocenters. The summed E-state index contributed by atoms with van der Waals surface area (Å²) in [7, 11) is 0. The van der Waals surface area contributed by atoms with Gasteiger partial charge in [-0.3, -0.25) is 4.98 Å². The molecule has 0 spiro atoms. The average Bonchev–Trinajstić information content (AvgIpc) is 3.12. The zero-order chi connectivity index (χ0) is 11.5. The molecular weight excluding hydrogens is 200 g/mol. The van der Waals surface area contributed by atoms with Gasteiger partial charge in [-0.25, -0.2) is 0 Å². The van der Waals surface area contributed by atoms with Gasteiger partial charge in [-0.05, 0) is 43.2 Å². The van der Waals surface area contributed by atoms with E-state index in [1.807, 2.05) is 19.2 Å². The molecule has 3 nitrogen and oxygen atoms in total. The SMILES string of the molecule is CCOc1cncc(C(N)C(C)C2CC2)c1. The van der Waals surface area contributed by atoms with Gasteiger partial charge in [0.25, 0.3) is 0 Å². The van der Waals surface area contributed by atoms with Gasteiger partial charge < -0.3 is 10.5 Å². The van der Waals surface area contributed by atoms with E-state index >= 15 is 0 Å². The molecule has 1 aromatic rings. The van der Waals surface area contributed by atoms with Crippen LogP contribution in [0.3, 0.4) is 0 Å². The van der Waals surface area contributed by atoms with Crippen LogP contribution in [-0.2, 0) is 0 Å². The van der Waals surface area contributed by atoms with Crippen molar-refractivity contribution in [1.82, 2.24) is 4.98 Å². The summed E-state index contributed by atoms with van der Waals surface area (Å²) >= 11 is 0. The maximum absolute atomic E-state index is 6.25. The lowest BCUT2D eigenvalue weighted by Crippen LogP contribution is -2.20. The lowest BCUT2D eigenvalue weighted by atomic mass is 9.92. The Hall–Kier alpha value is -1.09. The second kappa shape index (κ2) is 4.83. The van der Waals surface area contributed by atoms with Crippen molar-refractivity contribution in [3.8, 4) is 5.75 Å². The van der Waals surface area contributed by atoms with Crippen LogP contribution in [0.4, 0.5) is 0 Å². The highest BCUT2D eigenvalue weighted by Crippen LogP contribution is 2.41. The lowest BCUT2D eigenvalue weighted by Gasteiger charge is -2.19. The van der Waals surface area contributed by atoms with Gasteiger partial charge in [0.1, 0.15) is 5.75 Å². The second-order valence-corrected chi connectivity index (χ2v) is 4.61. The molecular formula is C13H20N2O. The molecule has 1 aliphatic rings. The minimum atomic E-state index is 0.0837. The Kier molecular flexibility index (Phi) is 3.44. The molecule has 1 aromatic heterocycles. The van der Waals surface area contributed by atoms with Crippen LogP contribution in [0.15, 0.2) is 18.5 Å². The highest BCUT2D eigenvalue weighted by atomic mass is 16.5. The number of pyridine rings is 1. The van der Waals surface area contributed by atoms with Crippen LogP contribution in [0.1, 0.15) is 38.3 Å². The number of hydrogen-bond donors (Lipinski definition) is 1. The summed E-state index contributed by atoms with van der Waals surface area (Å²) in [6.07, 6.45) is 6.24. The fourth-order valence-corrected chi connectivity index (χ4v) is 2.08. The molecule has 1 heterocycles. The number of ether oxygens (including phenoxy) is 1. The Morgan fingerprint density at radius 2 is 2.25 bits per heavy atom. The highest BCUT2D eigenvalue weighted by molar-refractivity contribution is 5.26. The van der Waals surface area contributed by atoms with Crippen LogP contribution in [-0.4, -0.2) is 11.6 Å². The van der Waals surface area contributed by atoms with E-state index in [0.29, 0.717) is 12.5 Å². The third-order valence-electron chi connectivity index (χ3n) is 3.36. The summed E-state index contributed by atoms with van der Waals surface area (Å²) in [6, 6.07) is 2.10. The molecule has 1 saturated carbocycles. The molecule has 2 atom stereocenters. The van der Waals surface area contributed by atoms with E-state index in [0.717, 1.165) is 17.2 Å². The predicted octanol–water partition coefficient (Wildman–Crippen LogP) is 2.53. The molecule has 2 N–H and O–H groups in total. The molecule has 0 radical (unpaired) electrons. The fraction of sp³-hybridized carbons (Fsp3) is 0.615. The summed E-state index contributed by atoms with van der Waals surface area (Å²) in [5.41, 5.74) is 7.34. The largest absolute Gasteiger partial charge is 0.492 e. The van der Waals surface area contributed by atoms with E-state index < -0.39 is 0 Å². The van der Waals surface area contributed by atoms with Gasteiger partial charge >= 0.3 is 0 Å². The zero-order valence-electron chi connectivity index (χ0n) is 10.0. The van der Waals surface area contributed by atoms with Gasteiger partial charge in [-0.2, -0.15) is 0 Å². The maximum Gasteiger partial charge on any atom is 0.137 e. The molecule has 0 bridgehead atoms. The minimum absolute atomic E-state index is 0.0837. The smallest absolute Gasteiger partial charge is 0.137 e. The first-order chi connectivity index (χ1) is 7.72. The van der Waals surface area contributed by atoms with Crippen LogP contribution >= 0.6 is 0 Å². The molecule has 1 aliphatic carbocycles. The van der Waals surface area contributed by atoms with Gasteiger partial charge in [0, 0.05) is 12.2 Å². The number of hydrogen-bond acceptors (Lipinski definition) is 3. The highest BCUT2D eigenvalue weighted by Gasteiger charge is 2.32. The van der Waals surface area contributed by atoms with E-state index in [9.17, 15) is 0 Å². The standard InChI is InChI=1S/C13H20N2O/c1-3-16-12-6-11(7-15-8-12)13(14)9(2)10-4-5-10/h6-10,13H,3-5,14H2,1-2H3. The number of nitrogens with zero attached hydrogens (tertiary/aromatic N) is 1. The summed E-state index contributed by atoms with van der Waals surface area (Å²) in [6.45, 7) is 4.87. The first-order valence-electron chi connectivity index (χ1n) is 6.05. The van der Waals surface area contributed by atoms with Gasteiger partial charge in [0.2, 0.25) is 0 Å². The third kappa shape index (κ3) is 2.53. The molecule has 0 saturated heterocycles. The van der Waals surface area contributed by atoms with Crippen LogP contribution in [0.25, 0.3) is 0 Å². The van der Waals surface area contributed by atoms with Gasteiger partial charge in [0.15, 0.2) is 0 Å². The van der Waals surface area contributed by atoms with E-state index in [1.165, 1.54) is 12.8 Å². The monoisotopic (exact) mass is 220 g/mol. The van der Waals surface area contributed by atoms with E-state index in [-0.39, 0.29) is 6.04 Å². The van der Waals surface area contributed by atoms with Crippen molar-refractivity contribution in [2.75, 3.05) is 6.61 Å². The normalized spacial score (nSPS) is 19.2. The van der Waals surface area contributed by atoms with Gasteiger partial charge in [0.05, 0.1) is 12.8 Å². The van der Waals surface area contributed by atoms with E-state index in [2.05, 4.69) is 11.9 Å². The van der Waals surface area contributed by atoms with Crippen LogP contribution < -0.4 is 10.5 Å². The molecule has 3 heteroatoms. The van der Waals surface area contributed by atoms with Crippen molar-refractivity contribution in [3.05, 3.63) is 24.0 Å². The van der Waals surface area contributed by atoms with Gasteiger partial charge in [-0.15, -0.1) is 0 Å². The molecule has 0 aromatic carbocycles. The predicted molar refractivity (Wildman–Crippen MR) is 64.2 cm³/mol. The maximum atomic E-state index is 6.25. The van der Waals surface area contributed by atoms with Crippen molar-refractivity contribution in [1.29, 1.82) is 0 Å². The second-order valence-electron chi connectivity index (χ2n) is 4.61. The molecule has 2 rings (SSSR count). The van der Waals surface area contributed by atoms with Crippen molar-refractivity contribution in [2.24, 2.45) is 17.6 Å². The van der Waals surface area contributed by atoms with Gasteiger partial charge in [-0.1, -0.05) is 6.92 Å². The van der Waals surface area contributed by atoms with E-state index in [4.69, 9.17) is 10.5 Å². The lowest BCUT2D eigenvalue weighted by molar-refractivity contribution is 0.337. The number of rotatable bonds is 5. The zero-order valence-corrected chi connectivity index (χ0v) is 10.0. The summed E-state index contributed by atoms with van der Waals surface area (Å²) in [5, 5.41) is 0. The third-order valence-corrected chi connectivity index (χ3v) is 3.36. The van der Waals surface area contributed by atoms with Crippen LogP contribution in [0.5, 0.6) is 5.75 Å². The quantitative estimate of drug-likeness (QED) is 0.829. The first-order valence-corrected chi connectivity index (χ1v) is 6.05. The summed E-state index contributed by atoms with van der Waals surface area (Å²) < 4.78 is 5.43. The van der Waals surface area contributed by atoms with Crippen molar-refractivity contribution in [2.45, 2.75) is 32.7 Å². The molecule has 1 fully saturated rings. The average molecular weight is 220 g/mol. The van der Waals surface area contributed by atoms with Crippen molar-refractivity contribution >= 4 is 0 Å². The van der Waals surface area contributed by atoms with Crippen molar-refractivity contribution in [3.63, 3.8) is 0 Å². The summed E-state index contributed by atoms with van der Waals surface area (Å²) in [4.78, 5) is 4.18. The Bertz CT molecular complexity index is 350. The minimum Gasteiger partial charge on any atom is -0.492 e. The first kappa shape index (κ1) is 11.4. The Morgan fingerprint density at radius 1 is 1.50 bits per heavy atom. The molecule has 0 amide bonds. The van der Waals surface area contributed by atoms with Crippen molar-refractivity contribution < 1.29 is 4.74 Å². The Morgan fingerprint density at radius 3 is 2.88 bits per heavy atom. The topological polar surface area (TPSA) is 48.1 Å². The van der Waals surface area contributed by atoms with Crippen LogP contribution in [0, 0.1) is 11.8 Å². The van der Waals surface area contributed by atoms with Crippen LogP contribution in [0.2, 0.25) is 0 Å². The number of aromatic nitrogens is 1. The Balaban J connectivity index is 2.09. The molecule has 88 valence electrons. The fourth-order valence-electron chi connectivity index (χ4n) is 2.08. The molecule has 0 aliphatic heterocycles. The Labute approximate surface area is 97.0 Å². The molecule has 16 heavy (non-hydrogen) atoms. The number of nitrogens with two attached hydrogens (primary N) is 1.